The summed E-state index contributed by atoms with van der Waals surface area (Å²) in [5.74, 6) is -0.135. The highest BCUT2D eigenvalue weighted by molar-refractivity contribution is 5.89. The molecule has 1 N–H and O–H groups in total. The Kier molecular flexibility index (Phi) is 6.59. The molecule has 1 aromatic carbocycles. The number of benzene rings is 1. The van der Waals surface area contributed by atoms with Gasteiger partial charge in [-0.15, -0.1) is 0 Å². The van der Waals surface area contributed by atoms with Gasteiger partial charge in [0.25, 0.3) is 0 Å². The predicted octanol–water partition coefficient (Wildman–Crippen LogP) is 1.78. The molecule has 0 radical (unpaired) electrons. The lowest BCUT2D eigenvalue weighted by Crippen LogP contribution is -2.42. The first-order valence-electron chi connectivity index (χ1n) is 9.01. The van der Waals surface area contributed by atoms with Crippen LogP contribution >= 0.6 is 0 Å². The summed E-state index contributed by atoms with van der Waals surface area (Å²) in [5.41, 5.74) is 1.23. The van der Waals surface area contributed by atoms with Crippen LogP contribution in [0.25, 0.3) is 0 Å². The maximum absolute atomic E-state index is 12.4. The van der Waals surface area contributed by atoms with Gasteiger partial charge in [0.1, 0.15) is 0 Å². The van der Waals surface area contributed by atoms with Crippen LogP contribution in [-0.4, -0.2) is 61.9 Å². The van der Waals surface area contributed by atoms with E-state index in [1.165, 1.54) is 5.56 Å². The fourth-order valence-corrected chi connectivity index (χ4v) is 3.46. The molecule has 2 rings (SSSR count). The van der Waals surface area contributed by atoms with E-state index in [9.17, 15) is 9.59 Å². The SMILES string of the molecule is CN(C)CC(C)(C)CNC(=O)C1CC(=O)N(CCc2ccccc2)C1. The van der Waals surface area contributed by atoms with Crippen molar-refractivity contribution in [3.05, 3.63) is 35.9 Å². The first-order chi connectivity index (χ1) is 11.8. The molecule has 0 aromatic heterocycles. The number of amides is 2. The number of hydrogen-bond acceptors (Lipinski definition) is 3. The number of likely N-dealkylation sites (tertiary alicyclic amines) is 1. The zero-order valence-electron chi connectivity index (χ0n) is 15.9. The molecule has 5 nitrogen and oxygen atoms in total. The zero-order chi connectivity index (χ0) is 18.4. The Morgan fingerprint density at radius 1 is 1.28 bits per heavy atom. The van der Waals surface area contributed by atoms with E-state index in [2.05, 4.69) is 36.2 Å². The molecule has 1 saturated heterocycles. The number of nitrogens with zero attached hydrogens (tertiary/aromatic N) is 2. The Balaban J connectivity index is 1.79. The quantitative estimate of drug-likeness (QED) is 0.781. The molecule has 1 atom stereocenters. The van der Waals surface area contributed by atoms with Crippen molar-refractivity contribution >= 4 is 11.8 Å². The fraction of sp³-hybridized carbons (Fsp3) is 0.600. The summed E-state index contributed by atoms with van der Waals surface area (Å²) in [7, 11) is 4.06. The molecule has 0 bridgehead atoms. The van der Waals surface area contributed by atoms with Gasteiger partial charge in [-0.3, -0.25) is 9.59 Å². The van der Waals surface area contributed by atoms with Gasteiger partial charge in [0.15, 0.2) is 0 Å². The third-order valence-electron chi connectivity index (χ3n) is 4.58. The smallest absolute Gasteiger partial charge is 0.225 e. The van der Waals surface area contributed by atoms with Crippen molar-refractivity contribution in [1.82, 2.24) is 15.1 Å². The van der Waals surface area contributed by atoms with Crippen molar-refractivity contribution < 1.29 is 9.59 Å². The lowest BCUT2D eigenvalue weighted by Gasteiger charge is -2.29. The standard InChI is InChI=1S/C20H31N3O2/c1-20(2,15-22(3)4)14-21-19(25)17-12-18(24)23(13-17)11-10-16-8-6-5-7-9-16/h5-9,17H,10-15H2,1-4H3,(H,21,25). The molecule has 2 amide bonds. The topological polar surface area (TPSA) is 52.7 Å². The van der Waals surface area contributed by atoms with E-state index in [-0.39, 0.29) is 23.1 Å². The molecule has 1 aliphatic rings. The number of hydrogen-bond donors (Lipinski definition) is 1. The van der Waals surface area contributed by atoms with Gasteiger partial charge in [-0.05, 0) is 31.5 Å². The third kappa shape index (κ3) is 6.16. The van der Waals surface area contributed by atoms with Gasteiger partial charge < -0.3 is 15.1 Å². The Bertz CT molecular complexity index is 584. The maximum atomic E-state index is 12.4. The summed E-state index contributed by atoms with van der Waals surface area (Å²) >= 11 is 0. The highest BCUT2D eigenvalue weighted by Crippen LogP contribution is 2.20. The van der Waals surface area contributed by atoms with Crippen molar-refractivity contribution in [2.75, 3.05) is 40.3 Å². The van der Waals surface area contributed by atoms with E-state index in [4.69, 9.17) is 0 Å². The van der Waals surface area contributed by atoms with Gasteiger partial charge in [0, 0.05) is 32.6 Å². The van der Waals surface area contributed by atoms with Crippen LogP contribution in [0.3, 0.4) is 0 Å². The zero-order valence-corrected chi connectivity index (χ0v) is 15.9. The number of carbonyl (C=O) groups excluding carboxylic acids is 2. The minimum absolute atomic E-state index is 0.00222. The second-order valence-corrected chi connectivity index (χ2v) is 8.10. The van der Waals surface area contributed by atoms with E-state index in [1.807, 2.05) is 37.2 Å². The molecule has 25 heavy (non-hydrogen) atoms. The highest BCUT2D eigenvalue weighted by atomic mass is 16.2. The highest BCUT2D eigenvalue weighted by Gasteiger charge is 2.34. The van der Waals surface area contributed by atoms with Crippen LogP contribution in [0.15, 0.2) is 30.3 Å². The number of nitrogens with one attached hydrogen (secondary N) is 1. The summed E-state index contributed by atoms with van der Waals surface area (Å²) in [6.45, 7) is 7.02. The molecule has 0 spiro atoms. The first-order valence-corrected chi connectivity index (χ1v) is 9.01. The van der Waals surface area contributed by atoms with E-state index in [0.717, 1.165) is 13.0 Å². The van der Waals surface area contributed by atoms with Gasteiger partial charge in [0.2, 0.25) is 11.8 Å². The van der Waals surface area contributed by atoms with Crippen LogP contribution in [0.2, 0.25) is 0 Å². The van der Waals surface area contributed by atoms with Gasteiger partial charge in [0.05, 0.1) is 5.92 Å². The maximum Gasteiger partial charge on any atom is 0.225 e. The fourth-order valence-electron chi connectivity index (χ4n) is 3.46. The molecular formula is C20H31N3O2. The monoisotopic (exact) mass is 345 g/mol. The molecule has 1 fully saturated rings. The molecule has 0 saturated carbocycles. The predicted molar refractivity (Wildman–Crippen MR) is 100 cm³/mol. The lowest BCUT2D eigenvalue weighted by molar-refractivity contribution is -0.129. The number of carbonyl (C=O) groups is 2. The van der Waals surface area contributed by atoms with Crippen molar-refractivity contribution in [3.63, 3.8) is 0 Å². The summed E-state index contributed by atoms with van der Waals surface area (Å²) in [6.07, 6.45) is 1.16. The van der Waals surface area contributed by atoms with Crippen molar-refractivity contribution in [1.29, 1.82) is 0 Å². The molecule has 1 aromatic rings. The van der Waals surface area contributed by atoms with Gasteiger partial charge in [-0.25, -0.2) is 0 Å². The minimum Gasteiger partial charge on any atom is -0.355 e. The Labute approximate surface area is 151 Å². The molecule has 1 unspecified atom stereocenters. The average molecular weight is 345 g/mol. The van der Waals surface area contributed by atoms with Crippen LogP contribution in [0.1, 0.15) is 25.8 Å². The van der Waals surface area contributed by atoms with E-state index < -0.39 is 0 Å². The van der Waals surface area contributed by atoms with Gasteiger partial charge in [-0.1, -0.05) is 44.2 Å². The van der Waals surface area contributed by atoms with Crippen LogP contribution < -0.4 is 5.32 Å². The van der Waals surface area contributed by atoms with Crippen molar-refractivity contribution in [3.8, 4) is 0 Å². The summed E-state index contributed by atoms with van der Waals surface area (Å²) < 4.78 is 0. The average Bonchev–Trinajstić information content (AvgIpc) is 2.91. The molecule has 5 heteroatoms. The minimum atomic E-state index is -0.224. The Morgan fingerprint density at radius 3 is 2.60 bits per heavy atom. The Hall–Kier alpha value is -1.88. The molecule has 1 aliphatic heterocycles. The summed E-state index contributed by atoms with van der Waals surface area (Å²) in [4.78, 5) is 28.6. The lowest BCUT2D eigenvalue weighted by atomic mass is 9.92. The van der Waals surface area contributed by atoms with E-state index in [0.29, 0.717) is 26.1 Å². The van der Waals surface area contributed by atoms with Gasteiger partial charge in [-0.2, -0.15) is 0 Å². The van der Waals surface area contributed by atoms with Crippen molar-refractivity contribution in [2.24, 2.45) is 11.3 Å². The van der Waals surface area contributed by atoms with Crippen LogP contribution in [0.5, 0.6) is 0 Å². The Morgan fingerprint density at radius 2 is 1.96 bits per heavy atom. The van der Waals surface area contributed by atoms with E-state index in [1.54, 1.807) is 0 Å². The van der Waals surface area contributed by atoms with Crippen LogP contribution in [0, 0.1) is 11.3 Å². The van der Waals surface area contributed by atoms with E-state index >= 15 is 0 Å². The largest absolute Gasteiger partial charge is 0.355 e. The second-order valence-electron chi connectivity index (χ2n) is 8.10. The molecule has 0 aliphatic carbocycles. The molecule has 138 valence electrons. The van der Waals surface area contributed by atoms with Crippen molar-refractivity contribution in [2.45, 2.75) is 26.7 Å². The first kappa shape index (κ1) is 19.4. The van der Waals surface area contributed by atoms with Crippen LogP contribution in [0.4, 0.5) is 0 Å². The second kappa shape index (κ2) is 8.48. The normalized spacial score (nSPS) is 18.0. The molecule has 1 heterocycles. The van der Waals surface area contributed by atoms with Gasteiger partial charge >= 0.3 is 0 Å². The third-order valence-corrected chi connectivity index (χ3v) is 4.58. The summed E-state index contributed by atoms with van der Waals surface area (Å²) in [6, 6.07) is 10.1. The van der Waals surface area contributed by atoms with Crippen LogP contribution in [-0.2, 0) is 16.0 Å². The summed E-state index contributed by atoms with van der Waals surface area (Å²) in [5, 5.41) is 3.04. The molecular weight excluding hydrogens is 314 g/mol. The number of rotatable bonds is 8.